The third-order valence-electron chi connectivity index (χ3n) is 4.63. The van der Waals surface area contributed by atoms with Crippen LogP contribution in [0.2, 0.25) is 0 Å². The highest BCUT2D eigenvalue weighted by Gasteiger charge is 2.31. The van der Waals surface area contributed by atoms with Crippen molar-refractivity contribution in [3.8, 4) is 11.5 Å². The van der Waals surface area contributed by atoms with Crippen LogP contribution in [0.4, 0.5) is 18.9 Å². The summed E-state index contributed by atoms with van der Waals surface area (Å²) in [6.07, 6.45) is -4.33. The third-order valence-corrected chi connectivity index (χ3v) is 5.23. The summed E-state index contributed by atoms with van der Waals surface area (Å²) >= 11 is 3.32. The molecule has 1 aliphatic rings. The van der Waals surface area contributed by atoms with Gasteiger partial charge < -0.3 is 14.7 Å². The molecule has 1 heterocycles. The van der Waals surface area contributed by atoms with E-state index in [1.165, 1.54) is 19.2 Å². The topological polar surface area (TPSA) is 35.9 Å². The van der Waals surface area contributed by atoms with Gasteiger partial charge in [0.15, 0.2) is 11.5 Å². The van der Waals surface area contributed by atoms with Crippen molar-refractivity contribution in [1.29, 1.82) is 0 Å². The number of anilines is 1. The highest BCUT2D eigenvalue weighted by Crippen LogP contribution is 2.36. The fraction of sp³-hybridized carbons (Fsp3) is 0.368. The number of halogens is 4. The Kier molecular flexibility index (Phi) is 5.86. The van der Waals surface area contributed by atoms with Crippen molar-refractivity contribution in [2.24, 2.45) is 0 Å². The maximum Gasteiger partial charge on any atom is 0.416 e. The normalized spacial score (nSPS) is 15.8. The minimum Gasteiger partial charge on any atom is -0.503 e. The Morgan fingerprint density at radius 2 is 1.81 bits per heavy atom. The van der Waals surface area contributed by atoms with Crippen LogP contribution < -0.4 is 9.64 Å². The summed E-state index contributed by atoms with van der Waals surface area (Å²) in [7, 11) is 1.50. The molecule has 0 bridgehead atoms. The zero-order valence-electron chi connectivity index (χ0n) is 14.8. The molecule has 2 aromatic carbocycles. The van der Waals surface area contributed by atoms with Gasteiger partial charge in [-0.05, 0) is 51.8 Å². The van der Waals surface area contributed by atoms with Crippen LogP contribution in [0.1, 0.15) is 11.1 Å². The van der Waals surface area contributed by atoms with Crippen molar-refractivity contribution in [1.82, 2.24) is 4.90 Å². The van der Waals surface area contributed by atoms with Crippen molar-refractivity contribution < 1.29 is 23.0 Å². The van der Waals surface area contributed by atoms with E-state index >= 15 is 0 Å². The Morgan fingerprint density at radius 1 is 1.11 bits per heavy atom. The fourth-order valence-electron chi connectivity index (χ4n) is 3.18. The first kappa shape index (κ1) is 19.8. The van der Waals surface area contributed by atoms with E-state index < -0.39 is 11.7 Å². The molecule has 0 radical (unpaired) electrons. The number of aromatic hydroxyl groups is 1. The summed E-state index contributed by atoms with van der Waals surface area (Å²) in [6, 6.07) is 9.10. The molecular weight excluding hydrogens is 425 g/mol. The average Bonchev–Trinajstić information content (AvgIpc) is 2.64. The first-order chi connectivity index (χ1) is 12.8. The number of methoxy groups -OCH3 is 1. The molecule has 0 amide bonds. The number of piperazine rings is 1. The standard InChI is InChI=1S/C19H20BrF3N2O2/c1-27-17-10-13(9-16(20)18(17)26)12-24-5-7-25(8-6-24)15-4-2-3-14(11-15)19(21,22)23/h2-4,9-11,26H,5-8,12H2,1H3. The lowest BCUT2D eigenvalue weighted by molar-refractivity contribution is -0.137. The Labute approximate surface area is 164 Å². The second kappa shape index (κ2) is 7.98. The molecule has 8 heteroatoms. The molecule has 3 rings (SSSR count). The predicted octanol–water partition coefficient (Wildman–Crippen LogP) is 4.50. The van der Waals surface area contributed by atoms with Crippen molar-refractivity contribution in [3.63, 3.8) is 0 Å². The lowest BCUT2D eigenvalue weighted by Crippen LogP contribution is -2.46. The van der Waals surface area contributed by atoms with Gasteiger partial charge in [-0.3, -0.25) is 4.90 Å². The number of nitrogens with zero attached hydrogens (tertiary/aromatic N) is 2. The Balaban J connectivity index is 1.64. The van der Waals surface area contributed by atoms with Crippen LogP contribution in [-0.4, -0.2) is 43.3 Å². The minimum absolute atomic E-state index is 0.0654. The molecule has 1 saturated heterocycles. The predicted molar refractivity (Wildman–Crippen MR) is 101 cm³/mol. The highest BCUT2D eigenvalue weighted by molar-refractivity contribution is 9.10. The van der Waals surface area contributed by atoms with Crippen LogP contribution in [0.25, 0.3) is 0 Å². The largest absolute Gasteiger partial charge is 0.503 e. The highest BCUT2D eigenvalue weighted by atomic mass is 79.9. The molecule has 0 spiro atoms. The molecule has 1 N–H and O–H groups in total. The Hall–Kier alpha value is -1.93. The van der Waals surface area contributed by atoms with E-state index in [4.69, 9.17) is 4.74 Å². The second-order valence-electron chi connectivity index (χ2n) is 6.44. The second-order valence-corrected chi connectivity index (χ2v) is 7.29. The Bertz CT molecular complexity index is 806. The third kappa shape index (κ3) is 4.68. The van der Waals surface area contributed by atoms with E-state index in [9.17, 15) is 18.3 Å². The molecule has 0 unspecified atom stereocenters. The molecule has 4 nitrogen and oxygen atoms in total. The van der Waals surface area contributed by atoms with Gasteiger partial charge in [-0.1, -0.05) is 6.07 Å². The number of hydrogen-bond acceptors (Lipinski definition) is 4. The number of alkyl halides is 3. The van der Waals surface area contributed by atoms with Crippen molar-refractivity contribution >= 4 is 21.6 Å². The van der Waals surface area contributed by atoms with Gasteiger partial charge in [0.1, 0.15) is 0 Å². The number of hydrogen-bond donors (Lipinski definition) is 1. The number of rotatable bonds is 4. The zero-order valence-corrected chi connectivity index (χ0v) is 16.3. The molecular formula is C19H20BrF3N2O2. The van der Waals surface area contributed by atoms with Crippen LogP contribution in [0.15, 0.2) is 40.9 Å². The van der Waals surface area contributed by atoms with Gasteiger partial charge in [0.25, 0.3) is 0 Å². The first-order valence-corrected chi connectivity index (χ1v) is 9.27. The van der Waals surface area contributed by atoms with Crippen LogP contribution in [0, 0.1) is 0 Å². The van der Waals surface area contributed by atoms with Crippen LogP contribution >= 0.6 is 15.9 Å². The van der Waals surface area contributed by atoms with E-state index in [0.717, 1.165) is 24.7 Å². The summed E-state index contributed by atoms with van der Waals surface area (Å²) in [5, 5.41) is 9.90. The van der Waals surface area contributed by atoms with Crippen molar-refractivity contribution in [2.45, 2.75) is 12.7 Å². The summed E-state index contributed by atoms with van der Waals surface area (Å²) in [6.45, 7) is 3.44. The van der Waals surface area contributed by atoms with Gasteiger partial charge in [0.05, 0.1) is 17.1 Å². The van der Waals surface area contributed by atoms with Gasteiger partial charge in [-0.15, -0.1) is 0 Å². The van der Waals surface area contributed by atoms with Gasteiger partial charge >= 0.3 is 6.18 Å². The lowest BCUT2D eigenvalue weighted by Gasteiger charge is -2.36. The smallest absolute Gasteiger partial charge is 0.416 e. The molecule has 0 saturated carbocycles. The number of phenols is 1. The van der Waals surface area contributed by atoms with E-state index in [1.807, 2.05) is 11.0 Å². The van der Waals surface area contributed by atoms with Crippen molar-refractivity contribution in [2.75, 3.05) is 38.2 Å². The summed E-state index contributed by atoms with van der Waals surface area (Å²) < 4.78 is 44.5. The molecule has 1 fully saturated rings. The lowest BCUT2D eigenvalue weighted by atomic mass is 10.1. The molecule has 27 heavy (non-hydrogen) atoms. The maximum absolute atomic E-state index is 12.9. The van der Waals surface area contributed by atoms with Gasteiger partial charge in [0.2, 0.25) is 0 Å². The molecule has 1 aliphatic heterocycles. The average molecular weight is 445 g/mol. The quantitative estimate of drug-likeness (QED) is 0.752. The SMILES string of the molecule is COc1cc(CN2CCN(c3cccc(C(F)(F)F)c3)CC2)cc(Br)c1O. The van der Waals surface area contributed by atoms with Crippen LogP contribution in [0.3, 0.4) is 0 Å². The molecule has 146 valence electrons. The van der Waals surface area contributed by atoms with Gasteiger partial charge in [0, 0.05) is 38.4 Å². The van der Waals surface area contributed by atoms with E-state index in [0.29, 0.717) is 35.5 Å². The van der Waals surface area contributed by atoms with Gasteiger partial charge in [-0.25, -0.2) is 0 Å². The number of ether oxygens (including phenoxy) is 1. The Morgan fingerprint density at radius 3 is 2.44 bits per heavy atom. The number of phenolic OH excluding ortho intramolecular Hbond substituents is 1. The zero-order chi connectivity index (χ0) is 19.6. The number of benzene rings is 2. The van der Waals surface area contributed by atoms with Gasteiger partial charge in [-0.2, -0.15) is 13.2 Å². The maximum atomic E-state index is 12.9. The van der Waals surface area contributed by atoms with Crippen molar-refractivity contribution in [3.05, 3.63) is 52.0 Å². The monoisotopic (exact) mass is 444 g/mol. The molecule has 2 aromatic rings. The fourth-order valence-corrected chi connectivity index (χ4v) is 3.66. The van der Waals surface area contributed by atoms with Crippen LogP contribution in [-0.2, 0) is 12.7 Å². The molecule has 0 aliphatic carbocycles. The van der Waals surface area contributed by atoms with E-state index in [1.54, 1.807) is 12.1 Å². The first-order valence-electron chi connectivity index (χ1n) is 8.48. The summed E-state index contributed by atoms with van der Waals surface area (Å²) in [5.41, 5.74) is 0.964. The summed E-state index contributed by atoms with van der Waals surface area (Å²) in [5.74, 6) is 0.470. The van der Waals surface area contributed by atoms with Crippen LogP contribution in [0.5, 0.6) is 11.5 Å². The summed E-state index contributed by atoms with van der Waals surface area (Å²) in [4.78, 5) is 4.20. The minimum atomic E-state index is -4.33. The molecule has 0 aromatic heterocycles. The van der Waals surface area contributed by atoms with E-state index in [-0.39, 0.29) is 5.75 Å². The molecule has 0 atom stereocenters. The van der Waals surface area contributed by atoms with E-state index in [2.05, 4.69) is 20.8 Å².